The van der Waals surface area contributed by atoms with Crippen molar-refractivity contribution in [2.24, 2.45) is 0 Å². The van der Waals surface area contributed by atoms with Crippen molar-refractivity contribution in [2.75, 3.05) is 7.11 Å². The van der Waals surface area contributed by atoms with Gasteiger partial charge in [-0.25, -0.2) is 0 Å². The molecule has 1 atom stereocenters. The van der Waals surface area contributed by atoms with Crippen LogP contribution in [0, 0.1) is 10.1 Å². The van der Waals surface area contributed by atoms with Crippen LogP contribution in [-0.2, 0) is 0 Å². The van der Waals surface area contributed by atoms with Crippen LogP contribution in [-0.4, -0.2) is 17.1 Å². The number of rotatable bonds is 5. The van der Waals surface area contributed by atoms with Gasteiger partial charge in [0.05, 0.1) is 18.1 Å². The summed E-state index contributed by atoms with van der Waals surface area (Å²) >= 11 is 2.53. The van der Waals surface area contributed by atoms with E-state index in [9.17, 15) is 15.2 Å². The number of aliphatic hydroxyl groups is 1. The molecule has 2 aromatic rings. The minimum Gasteiger partial charge on any atom is -0.497 e. The minimum absolute atomic E-state index is 0.0266. The van der Waals surface area contributed by atoms with E-state index in [1.165, 1.54) is 29.2 Å². The van der Waals surface area contributed by atoms with Crippen molar-refractivity contribution in [3.8, 4) is 5.75 Å². The van der Waals surface area contributed by atoms with Crippen molar-refractivity contribution in [1.82, 2.24) is 0 Å². The Labute approximate surface area is 124 Å². The lowest BCUT2D eigenvalue weighted by Gasteiger charge is -2.02. The molecule has 7 heteroatoms. The zero-order valence-electron chi connectivity index (χ0n) is 10.9. The minimum atomic E-state index is -0.710. The molecule has 2 rings (SSSR count). The number of nitro groups is 1. The number of nitrogens with zero attached hydrogens (tertiary/aromatic N) is 1. The molecular formula is C13H13NO4S2. The summed E-state index contributed by atoms with van der Waals surface area (Å²) in [5.41, 5.74) is 0.0266. The molecule has 1 aromatic heterocycles. The Morgan fingerprint density at radius 1 is 1.45 bits per heavy atom. The molecule has 0 saturated heterocycles. The van der Waals surface area contributed by atoms with Gasteiger partial charge in [-0.3, -0.25) is 10.1 Å². The van der Waals surface area contributed by atoms with E-state index in [1.54, 1.807) is 14.0 Å². The molecular weight excluding hydrogens is 298 g/mol. The molecule has 0 saturated carbocycles. The predicted molar refractivity (Wildman–Crippen MR) is 78.7 cm³/mol. The fraction of sp³-hybridized carbons (Fsp3) is 0.231. The van der Waals surface area contributed by atoms with Crippen LogP contribution in [0.15, 0.2) is 39.4 Å². The second kappa shape index (κ2) is 6.25. The molecule has 1 heterocycles. The van der Waals surface area contributed by atoms with Crippen LogP contribution in [0.3, 0.4) is 0 Å². The lowest BCUT2D eigenvalue weighted by molar-refractivity contribution is -0.387. The summed E-state index contributed by atoms with van der Waals surface area (Å²) in [6, 6.07) is 8.75. The van der Waals surface area contributed by atoms with E-state index in [0.717, 1.165) is 4.90 Å². The summed E-state index contributed by atoms with van der Waals surface area (Å²) in [6.45, 7) is 1.59. The maximum Gasteiger partial charge on any atom is 0.294 e. The number of hydrogen-bond donors (Lipinski definition) is 1. The van der Waals surface area contributed by atoms with E-state index in [-0.39, 0.29) is 5.69 Å². The molecule has 5 nitrogen and oxygen atoms in total. The highest BCUT2D eigenvalue weighted by Crippen LogP contribution is 2.43. The molecule has 0 bridgehead atoms. The fourth-order valence-corrected chi connectivity index (χ4v) is 3.87. The van der Waals surface area contributed by atoms with E-state index < -0.39 is 11.0 Å². The van der Waals surface area contributed by atoms with Crippen molar-refractivity contribution in [1.29, 1.82) is 0 Å². The lowest BCUT2D eigenvalue weighted by Crippen LogP contribution is -1.87. The van der Waals surface area contributed by atoms with Crippen molar-refractivity contribution >= 4 is 28.8 Å². The molecule has 20 heavy (non-hydrogen) atoms. The Morgan fingerprint density at radius 2 is 2.20 bits per heavy atom. The van der Waals surface area contributed by atoms with Crippen LogP contribution in [0.2, 0.25) is 0 Å². The third-order valence-electron chi connectivity index (χ3n) is 2.56. The quantitative estimate of drug-likeness (QED) is 0.670. The molecule has 0 spiro atoms. The topological polar surface area (TPSA) is 72.6 Å². The van der Waals surface area contributed by atoms with E-state index in [0.29, 0.717) is 14.8 Å². The van der Waals surface area contributed by atoms with Gasteiger partial charge in [-0.1, -0.05) is 17.8 Å². The Morgan fingerprint density at radius 3 is 2.80 bits per heavy atom. The Bertz CT molecular complexity index is 625. The van der Waals surface area contributed by atoms with E-state index in [2.05, 4.69) is 0 Å². The highest BCUT2D eigenvalue weighted by Gasteiger charge is 2.21. The van der Waals surface area contributed by atoms with Crippen molar-refractivity contribution < 1.29 is 14.8 Å². The number of thiophene rings is 1. The zero-order valence-corrected chi connectivity index (χ0v) is 12.5. The van der Waals surface area contributed by atoms with Crippen molar-refractivity contribution in [2.45, 2.75) is 22.1 Å². The van der Waals surface area contributed by atoms with Crippen LogP contribution < -0.4 is 4.74 Å². The first-order valence-electron chi connectivity index (χ1n) is 5.79. The van der Waals surface area contributed by atoms with Gasteiger partial charge in [0.15, 0.2) is 0 Å². The SMILES string of the molecule is COc1cccc(Sc2sc(C(C)O)cc2[N+](=O)[O-])c1. The number of methoxy groups -OCH3 is 1. The summed E-state index contributed by atoms with van der Waals surface area (Å²) < 4.78 is 5.68. The van der Waals surface area contributed by atoms with Gasteiger partial charge in [-0.2, -0.15) is 0 Å². The molecule has 106 valence electrons. The van der Waals surface area contributed by atoms with Crippen LogP contribution in [0.5, 0.6) is 5.75 Å². The molecule has 0 fully saturated rings. The van der Waals surface area contributed by atoms with Gasteiger partial charge in [0.2, 0.25) is 0 Å². The van der Waals surface area contributed by atoms with Gasteiger partial charge in [-0.15, -0.1) is 11.3 Å². The standard InChI is InChI=1S/C13H13NO4S2/c1-8(15)12-7-11(14(16)17)13(20-12)19-10-5-3-4-9(6-10)18-2/h3-8,15H,1-2H3. The molecule has 0 aliphatic carbocycles. The summed E-state index contributed by atoms with van der Waals surface area (Å²) in [4.78, 5) is 12.1. The van der Waals surface area contributed by atoms with Gasteiger partial charge in [0.25, 0.3) is 5.69 Å². The van der Waals surface area contributed by atoms with Crippen molar-refractivity contribution in [3.63, 3.8) is 0 Å². The first kappa shape index (κ1) is 14.8. The number of ether oxygens (including phenoxy) is 1. The van der Waals surface area contributed by atoms with Gasteiger partial charge in [-0.05, 0) is 25.1 Å². The van der Waals surface area contributed by atoms with Crippen LogP contribution >= 0.6 is 23.1 Å². The van der Waals surface area contributed by atoms with Crippen LogP contribution in [0.4, 0.5) is 5.69 Å². The average molecular weight is 311 g/mol. The first-order chi connectivity index (χ1) is 9.51. The highest BCUT2D eigenvalue weighted by molar-refractivity contribution is 8.01. The van der Waals surface area contributed by atoms with Gasteiger partial charge >= 0.3 is 0 Å². The maximum absolute atomic E-state index is 11.1. The van der Waals surface area contributed by atoms with Gasteiger partial charge in [0.1, 0.15) is 9.96 Å². The normalized spacial score (nSPS) is 12.2. The third-order valence-corrected chi connectivity index (χ3v) is 5.03. The van der Waals surface area contributed by atoms with Gasteiger partial charge < -0.3 is 9.84 Å². The largest absolute Gasteiger partial charge is 0.497 e. The fourth-order valence-electron chi connectivity index (χ4n) is 1.56. The lowest BCUT2D eigenvalue weighted by atomic mass is 10.3. The first-order valence-corrected chi connectivity index (χ1v) is 7.42. The monoisotopic (exact) mass is 311 g/mol. The van der Waals surface area contributed by atoms with Crippen molar-refractivity contribution in [3.05, 3.63) is 45.3 Å². The molecule has 1 unspecified atom stereocenters. The Hall–Kier alpha value is -1.57. The van der Waals surface area contributed by atoms with E-state index >= 15 is 0 Å². The summed E-state index contributed by atoms with van der Waals surface area (Å²) in [5, 5.41) is 20.6. The van der Waals surface area contributed by atoms with Crippen LogP contribution in [0.1, 0.15) is 17.9 Å². The maximum atomic E-state index is 11.1. The second-order valence-electron chi connectivity index (χ2n) is 4.04. The summed E-state index contributed by atoms with van der Waals surface area (Å²) in [7, 11) is 1.57. The number of benzene rings is 1. The zero-order chi connectivity index (χ0) is 14.7. The second-order valence-corrected chi connectivity index (χ2v) is 6.46. The molecule has 1 aromatic carbocycles. The molecule has 1 N–H and O–H groups in total. The molecule has 0 aliphatic rings. The van der Waals surface area contributed by atoms with E-state index in [1.807, 2.05) is 24.3 Å². The molecule has 0 radical (unpaired) electrons. The number of hydrogen-bond acceptors (Lipinski definition) is 6. The van der Waals surface area contributed by atoms with Crippen LogP contribution in [0.25, 0.3) is 0 Å². The third kappa shape index (κ3) is 3.30. The molecule has 0 aliphatic heterocycles. The summed E-state index contributed by atoms with van der Waals surface area (Å²) in [5.74, 6) is 0.699. The average Bonchev–Trinajstić information content (AvgIpc) is 2.83. The summed E-state index contributed by atoms with van der Waals surface area (Å²) in [6.07, 6.45) is -0.710. The predicted octanol–water partition coefficient (Wildman–Crippen LogP) is 3.87. The molecule has 0 amide bonds. The van der Waals surface area contributed by atoms with E-state index in [4.69, 9.17) is 4.74 Å². The highest BCUT2D eigenvalue weighted by atomic mass is 32.2. The Balaban J connectivity index is 2.34. The smallest absolute Gasteiger partial charge is 0.294 e. The number of aliphatic hydroxyl groups excluding tert-OH is 1. The Kier molecular flexibility index (Phi) is 4.64. The van der Waals surface area contributed by atoms with Gasteiger partial charge in [0, 0.05) is 15.8 Å².